The van der Waals surface area contributed by atoms with Crippen LogP contribution in [0.15, 0.2) is 18.2 Å². The van der Waals surface area contributed by atoms with E-state index in [0.29, 0.717) is 5.69 Å². The molecule has 0 saturated carbocycles. The fourth-order valence-electron chi connectivity index (χ4n) is 1.20. The number of anilines is 1. The molecule has 0 bridgehead atoms. The van der Waals surface area contributed by atoms with Gasteiger partial charge in [0.15, 0.2) is 0 Å². The zero-order valence-corrected chi connectivity index (χ0v) is 9.63. The van der Waals surface area contributed by atoms with Gasteiger partial charge in [0, 0.05) is 18.5 Å². The third kappa shape index (κ3) is 4.82. The molecular weight excluding hydrogens is 249 g/mol. The van der Waals surface area contributed by atoms with Crippen LogP contribution in [-0.2, 0) is 9.59 Å². The summed E-state index contributed by atoms with van der Waals surface area (Å²) in [6.07, 6.45) is 0.260. The Bertz CT molecular complexity index is 437. The Kier molecular flexibility index (Phi) is 4.90. The Labute approximate surface area is 102 Å². The molecule has 1 aromatic rings. The Hall–Kier alpha value is -1.62. The highest BCUT2D eigenvalue weighted by Crippen LogP contribution is 2.18. The summed E-state index contributed by atoms with van der Waals surface area (Å²) in [5.41, 5.74) is 0.298. The number of halogens is 2. The molecular formula is C11H11ClFNO3. The maximum Gasteiger partial charge on any atom is 0.303 e. The number of hydrogen-bond donors (Lipinski definition) is 2. The molecule has 0 fully saturated rings. The number of carbonyl (C=O) groups excluding carboxylic acids is 1. The van der Waals surface area contributed by atoms with Gasteiger partial charge in [-0.25, -0.2) is 4.39 Å². The third-order valence-electron chi connectivity index (χ3n) is 2.00. The van der Waals surface area contributed by atoms with Crippen molar-refractivity contribution in [1.82, 2.24) is 0 Å². The molecule has 0 aromatic heterocycles. The maximum absolute atomic E-state index is 13.0. The van der Waals surface area contributed by atoms with Crippen molar-refractivity contribution in [2.45, 2.75) is 19.3 Å². The second-order valence-corrected chi connectivity index (χ2v) is 3.83. The molecule has 92 valence electrons. The summed E-state index contributed by atoms with van der Waals surface area (Å²) in [4.78, 5) is 21.6. The monoisotopic (exact) mass is 259 g/mol. The Morgan fingerprint density at radius 3 is 2.65 bits per heavy atom. The lowest BCUT2D eigenvalue weighted by atomic mass is 10.2. The summed E-state index contributed by atoms with van der Waals surface area (Å²) in [7, 11) is 0. The van der Waals surface area contributed by atoms with Crippen LogP contribution < -0.4 is 5.32 Å². The van der Waals surface area contributed by atoms with Gasteiger partial charge >= 0.3 is 5.97 Å². The van der Waals surface area contributed by atoms with Gasteiger partial charge in [0.25, 0.3) is 0 Å². The van der Waals surface area contributed by atoms with Gasteiger partial charge in [0.2, 0.25) is 5.91 Å². The van der Waals surface area contributed by atoms with Gasteiger partial charge in [-0.15, -0.1) is 0 Å². The molecule has 1 rings (SSSR count). The van der Waals surface area contributed by atoms with Gasteiger partial charge in [-0.3, -0.25) is 9.59 Å². The van der Waals surface area contributed by atoms with Crippen molar-refractivity contribution in [3.05, 3.63) is 29.0 Å². The van der Waals surface area contributed by atoms with Crippen LogP contribution >= 0.6 is 11.6 Å². The van der Waals surface area contributed by atoms with Crippen molar-refractivity contribution in [2.24, 2.45) is 0 Å². The van der Waals surface area contributed by atoms with E-state index >= 15 is 0 Å². The lowest BCUT2D eigenvalue weighted by Gasteiger charge is -2.05. The van der Waals surface area contributed by atoms with Gasteiger partial charge in [0.05, 0.1) is 5.02 Å². The van der Waals surface area contributed by atoms with Crippen LogP contribution in [0.2, 0.25) is 5.02 Å². The van der Waals surface area contributed by atoms with Gasteiger partial charge in [-0.2, -0.15) is 0 Å². The minimum atomic E-state index is -0.949. The summed E-state index contributed by atoms with van der Waals surface area (Å²) >= 11 is 5.48. The van der Waals surface area contributed by atoms with E-state index in [9.17, 15) is 14.0 Å². The van der Waals surface area contributed by atoms with E-state index in [2.05, 4.69) is 5.32 Å². The van der Waals surface area contributed by atoms with Gasteiger partial charge < -0.3 is 10.4 Å². The number of carbonyl (C=O) groups is 2. The van der Waals surface area contributed by atoms with E-state index < -0.39 is 11.8 Å². The smallest absolute Gasteiger partial charge is 0.303 e. The SMILES string of the molecule is O=C(O)CCCC(=O)Nc1ccc(Cl)c(F)c1. The minimum absolute atomic E-state index is 0.0196. The second-order valence-electron chi connectivity index (χ2n) is 3.42. The first kappa shape index (κ1) is 13.4. The average Bonchev–Trinajstić information content (AvgIpc) is 2.23. The summed E-state index contributed by atoms with van der Waals surface area (Å²) in [5, 5.41) is 10.8. The lowest BCUT2D eigenvalue weighted by molar-refractivity contribution is -0.137. The van der Waals surface area contributed by atoms with Crippen molar-refractivity contribution >= 4 is 29.2 Å². The molecule has 0 saturated heterocycles. The molecule has 1 aromatic carbocycles. The topological polar surface area (TPSA) is 66.4 Å². The van der Waals surface area contributed by atoms with Gasteiger partial charge in [-0.1, -0.05) is 11.6 Å². The van der Waals surface area contributed by atoms with E-state index in [4.69, 9.17) is 16.7 Å². The number of benzene rings is 1. The highest BCUT2D eigenvalue weighted by Gasteiger charge is 2.06. The van der Waals surface area contributed by atoms with Crippen LogP contribution in [0, 0.1) is 5.82 Å². The highest BCUT2D eigenvalue weighted by atomic mass is 35.5. The number of carboxylic acids is 1. The van der Waals surface area contributed by atoms with Crippen molar-refractivity contribution in [1.29, 1.82) is 0 Å². The van der Waals surface area contributed by atoms with E-state index in [0.717, 1.165) is 6.07 Å². The van der Waals surface area contributed by atoms with Crippen molar-refractivity contribution in [2.75, 3.05) is 5.32 Å². The summed E-state index contributed by atoms with van der Waals surface area (Å²) in [6, 6.07) is 3.92. The number of nitrogens with one attached hydrogen (secondary N) is 1. The standard InChI is InChI=1S/C11H11ClFNO3/c12-8-5-4-7(6-9(8)13)14-10(15)2-1-3-11(16)17/h4-6H,1-3H2,(H,14,15)(H,16,17). The maximum atomic E-state index is 13.0. The number of rotatable bonds is 5. The predicted octanol–water partition coefficient (Wildman–Crippen LogP) is 2.67. The number of aliphatic carboxylic acids is 1. The van der Waals surface area contributed by atoms with Crippen LogP contribution in [0.1, 0.15) is 19.3 Å². The molecule has 0 aliphatic carbocycles. The number of hydrogen-bond acceptors (Lipinski definition) is 2. The normalized spacial score (nSPS) is 10.0. The Balaban J connectivity index is 2.45. The van der Waals surface area contributed by atoms with E-state index in [-0.39, 0.29) is 30.2 Å². The fraction of sp³-hybridized carbons (Fsp3) is 0.273. The largest absolute Gasteiger partial charge is 0.481 e. The molecule has 6 heteroatoms. The molecule has 0 spiro atoms. The second kappa shape index (κ2) is 6.20. The van der Waals surface area contributed by atoms with E-state index in [1.807, 2.05) is 0 Å². The van der Waals surface area contributed by atoms with E-state index in [1.54, 1.807) is 0 Å². The molecule has 0 heterocycles. The van der Waals surface area contributed by atoms with Crippen LogP contribution in [0.5, 0.6) is 0 Å². The summed E-state index contributed by atoms with van der Waals surface area (Å²) < 4.78 is 13.0. The van der Waals surface area contributed by atoms with E-state index in [1.165, 1.54) is 12.1 Å². The first-order chi connectivity index (χ1) is 7.99. The van der Waals surface area contributed by atoms with Crippen molar-refractivity contribution < 1.29 is 19.1 Å². The summed E-state index contributed by atoms with van der Waals surface area (Å²) in [5.74, 6) is -1.92. The van der Waals surface area contributed by atoms with Crippen LogP contribution in [-0.4, -0.2) is 17.0 Å². The average molecular weight is 260 g/mol. The quantitative estimate of drug-likeness (QED) is 0.854. The third-order valence-corrected chi connectivity index (χ3v) is 2.30. The highest BCUT2D eigenvalue weighted by molar-refractivity contribution is 6.30. The fourth-order valence-corrected chi connectivity index (χ4v) is 1.32. The first-order valence-corrected chi connectivity index (χ1v) is 5.33. The number of amides is 1. The molecule has 0 aliphatic rings. The van der Waals surface area contributed by atoms with Crippen LogP contribution in [0.25, 0.3) is 0 Å². The Morgan fingerprint density at radius 1 is 1.35 bits per heavy atom. The summed E-state index contributed by atoms with van der Waals surface area (Å²) in [6.45, 7) is 0. The number of carboxylic acid groups (broad SMARTS) is 1. The zero-order valence-electron chi connectivity index (χ0n) is 8.87. The van der Waals surface area contributed by atoms with Gasteiger partial charge in [-0.05, 0) is 24.6 Å². The van der Waals surface area contributed by atoms with Crippen molar-refractivity contribution in [3.8, 4) is 0 Å². The first-order valence-electron chi connectivity index (χ1n) is 4.95. The molecule has 0 radical (unpaired) electrons. The molecule has 17 heavy (non-hydrogen) atoms. The van der Waals surface area contributed by atoms with Crippen LogP contribution in [0.4, 0.5) is 10.1 Å². The minimum Gasteiger partial charge on any atom is -0.481 e. The van der Waals surface area contributed by atoms with Crippen LogP contribution in [0.3, 0.4) is 0 Å². The predicted molar refractivity (Wildman–Crippen MR) is 61.5 cm³/mol. The molecule has 4 nitrogen and oxygen atoms in total. The molecule has 2 N–H and O–H groups in total. The molecule has 1 amide bonds. The molecule has 0 aliphatic heterocycles. The Morgan fingerprint density at radius 2 is 2.06 bits per heavy atom. The van der Waals surface area contributed by atoms with Gasteiger partial charge in [0.1, 0.15) is 5.82 Å². The molecule has 0 atom stereocenters. The zero-order chi connectivity index (χ0) is 12.8. The van der Waals surface area contributed by atoms with Crippen molar-refractivity contribution in [3.63, 3.8) is 0 Å². The lowest BCUT2D eigenvalue weighted by Crippen LogP contribution is -2.12. The molecule has 0 unspecified atom stereocenters.